The Balaban J connectivity index is 1.82. The van der Waals surface area contributed by atoms with E-state index in [2.05, 4.69) is 5.32 Å². The van der Waals surface area contributed by atoms with E-state index in [1.165, 1.54) is 12.1 Å². The van der Waals surface area contributed by atoms with Crippen LogP contribution in [0.1, 0.15) is 11.1 Å². The van der Waals surface area contributed by atoms with Gasteiger partial charge >= 0.3 is 6.18 Å². The zero-order valence-electron chi connectivity index (χ0n) is 14.0. The van der Waals surface area contributed by atoms with Crippen LogP contribution in [0.4, 0.5) is 19.0 Å². The Hall–Kier alpha value is -2.41. The maximum Gasteiger partial charge on any atom is 0.416 e. The van der Waals surface area contributed by atoms with Crippen molar-refractivity contribution in [2.45, 2.75) is 17.5 Å². The highest BCUT2D eigenvalue weighted by atomic mass is 32.2. The Labute approximate surface area is 153 Å². The molecule has 0 saturated carbocycles. The molecule has 3 nitrogen and oxygen atoms in total. The van der Waals surface area contributed by atoms with Gasteiger partial charge in [-0.25, -0.2) is 4.68 Å². The summed E-state index contributed by atoms with van der Waals surface area (Å²) < 4.78 is 40.1. The van der Waals surface area contributed by atoms with Crippen LogP contribution in [-0.4, -0.2) is 22.6 Å². The first-order chi connectivity index (χ1) is 12.5. The standard InChI is InChI=1S/C19H16F3N3S/c1-26-16-5-3-2-4-14(16)17-15-10-11-23-18(15)25(24-17)13-8-6-12(7-9-13)19(20,21)22/h2-9,23H,10-11H2,1H3. The van der Waals surface area contributed by atoms with Crippen molar-refractivity contribution < 1.29 is 13.2 Å². The molecular formula is C19H16F3N3S. The highest BCUT2D eigenvalue weighted by Gasteiger charge is 2.30. The lowest BCUT2D eigenvalue weighted by atomic mass is 10.1. The Morgan fingerprint density at radius 3 is 2.50 bits per heavy atom. The first-order valence-corrected chi connectivity index (χ1v) is 9.38. The fourth-order valence-electron chi connectivity index (χ4n) is 3.21. The summed E-state index contributed by atoms with van der Waals surface area (Å²) in [7, 11) is 0. The molecule has 1 N–H and O–H groups in total. The van der Waals surface area contributed by atoms with E-state index in [0.29, 0.717) is 5.69 Å². The van der Waals surface area contributed by atoms with Gasteiger partial charge in [0.2, 0.25) is 0 Å². The van der Waals surface area contributed by atoms with E-state index in [1.54, 1.807) is 16.4 Å². The summed E-state index contributed by atoms with van der Waals surface area (Å²) in [5, 5.41) is 8.04. The van der Waals surface area contributed by atoms with E-state index in [0.717, 1.165) is 52.6 Å². The molecule has 0 amide bonds. The molecule has 4 rings (SSSR count). The van der Waals surface area contributed by atoms with Crippen LogP contribution in [0.2, 0.25) is 0 Å². The molecule has 1 aromatic heterocycles. The highest BCUT2D eigenvalue weighted by molar-refractivity contribution is 7.98. The molecule has 0 atom stereocenters. The Bertz CT molecular complexity index is 946. The van der Waals surface area contributed by atoms with Gasteiger partial charge in [0.1, 0.15) is 5.82 Å². The minimum atomic E-state index is -4.34. The fraction of sp³-hybridized carbons (Fsp3) is 0.211. The highest BCUT2D eigenvalue weighted by Crippen LogP contribution is 2.38. The lowest BCUT2D eigenvalue weighted by Crippen LogP contribution is -2.07. The van der Waals surface area contributed by atoms with Gasteiger partial charge in [0.15, 0.2) is 0 Å². The maximum absolute atomic E-state index is 12.8. The predicted molar refractivity (Wildman–Crippen MR) is 98.0 cm³/mol. The quantitative estimate of drug-likeness (QED) is 0.634. The minimum Gasteiger partial charge on any atom is -0.369 e. The van der Waals surface area contributed by atoms with E-state index in [-0.39, 0.29) is 0 Å². The molecule has 0 unspecified atom stereocenters. The summed E-state index contributed by atoms with van der Waals surface area (Å²) in [4.78, 5) is 1.12. The SMILES string of the molecule is CSc1ccccc1-c1nn(-c2ccc(C(F)(F)F)cc2)c2c1CCN2. The van der Waals surface area contributed by atoms with E-state index < -0.39 is 11.7 Å². The van der Waals surface area contributed by atoms with Crippen molar-refractivity contribution in [1.82, 2.24) is 9.78 Å². The molecule has 0 radical (unpaired) electrons. The fourth-order valence-corrected chi connectivity index (χ4v) is 3.81. The summed E-state index contributed by atoms with van der Waals surface area (Å²) in [5.74, 6) is 0.857. The normalized spacial score (nSPS) is 13.5. The van der Waals surface area contributed by atoms with Crippen molar-refractivity contribution >= 4 is 17.6 Å². The molecule has 2 heterocycles. The van der Waals surface area contributed by atoms with Crippen LogP contribution in [0.5, 0.6) is 0 Å². The van der Waals surface area contributed by atoms with Crippen molar-refractivity contribution in [2.24, 2.45) is 0 Å². The van der Waals surface area contributed by atoms with Gasteiger partial charge in [0.05, 0.1) is 16.9 Å². The number of aromatic nitrogens is 2. The number of fused-ring (bicyclic) bond motifs is 1. The second-order valence-corrected chi connectivity index (χ2v) is 6.86. The molecule has 7 heteroatoms. The molecule has 0 saturated heterocycles. The Kier molecular flexibility index (Phi) is 4.19. The minimum absolute atomic E-state index is 0.608. The predicted octanol–water partition coefficient (Wildman–Crippen LogP) is 5.25. The molecule has 0 fully saturated rings. The van der Waals surface area contributed by atoms with Crippen molar-refractivity contribution in [3.8, 4) is 16.9 Å². The second-order valence-electron chi connectivity index (χ2n) is 6.01. The third kappa shape index (κ3) is 2.86. The first kappa shape index (κ1) is 17.0. The van der Waals surface area contributed by atoms with Gasteiger partial charge in [-0.05, 0) is 43.0 Å². The summed E-state index contributed by atoms with van der Waals surface area (Å²) in [6.45, 7) is 0.794. The Morgan fingerprint density at radius 1 is 1.08 bits per heavy atom. The molecule has 0 bridgehead atoms. The zero-order valence-corrected chi connectivity index (χ0v) is 14.8. The second kappa shape index (κ2) is 6.39. The van der Waals surface area contributed by atoms with E-state index in [4.69, 9.17) is 5.10 Å². The van der Waals surface area contributed by atoms with Crippen LogP contribution >= 0.6 is 11.8 Å². The van der Waals surface area contributed by atoms with Gasteiger partial charge in [-0.3, -0.25) is 0 Å². The average Bonchev–Trinajstić information content (AvgIpc) is 3.23. The number of benzene rings is 2. The van der Waals surface area contributed by atoms with E-state index >= 15 is 0 Å². The van der Waals surface area contributed by atoms with Crippen LogP contribution in [0.25, 0.3) is 16.9 Å². The van der Waals surface area contributed by atoms with Crippen molar-refractivity contribution in [3.63, 3.8) is 0 Å². The van der Waals surface area contributed by atoms with Crippen LogP contribution in [0.3, 0.4) is 0 Å². The molecule has 1 aliphatic heterocycles. The number of hydrogen-bond donors (Lipinski definition) is 1. The molecule has 2 aromatic carbocycles. The maximum atomic E-state index is 12.8. The molecule has 1 aliphatic rings. The summed E-state index contributed by atoms with van der Waals surface area (Å²) >= 11 is 1.65. The lowest BCUT2D eigenvalue weighted by molar-refractivity contribution is -0.137. The van der Waals surface area contributed by atoms with Gasteiger partial charge in [0, 0.05) is 22.6 Å². The van der Waals surface area contributed by atoms with Crippen LogP contribution in [0.15, 0.2) is 53.4 Å². The van der Waals surface area contributed by atoms with E-state index in [9.17, 15) is 13.2 Å². The van der Waals surface area contributed by atoms with Crippen LogP contribution < -0.4 is 5.32 Å². The number of nitrogens with one attached hydrogen (secondary N) is 1. The van der Waals surface area contributed by atoms with Gasteiger partial charge in [-0.2, -0.15) is 18.3 Å². The number of hydrogen-bond acceptors (Lipinski definition) is 3. The van der Waals surface area contributed by atoms with Gasteiger partial charge < -0.3 is 5.32 Å². The third-order valence-electron chi connectivity index (χ3n) is 4.45. The van der Waals surface area contributed by atoms with Crippen molar-refractivity contribution in [3.05, 3.63) is 59.7 Å². The number of thioether (sulfide) groups is 1. The summed E-state index contributed by atoms with van der Waals surface area (Å²) in [5.41, 5.74) is 2.98. The number of rotatable bonds is 3. The number of halogens is 3. The van der Waals surface area contributed by atoms with Crippen molar-refractivity contribution in [1.29, 1.82) is 0 Å². The van der Waals surface area contributed by atoms with Gasteiger partial charge in [-0.1, -0.05) is 18.2 Å². The zero-order chi connectivity index (χ0) is 18.3. The largest absolute Gasteiger partial charge is 0.416 e. The van der Waals surface area contributed by atoms with Crippen LogP contribution in [0, 0.1) is 0 Å². The van der Waals surface area contributed by atoms with Crippen LogP contribution in [-0.2, 0) is 12.6 Å². The Morgan fingerprint density at radius 2 is 1.81 bits per heavy atom. The first-order valence-electron chi connectivity index (χ1n) is 8.16. The van der Waals surface area contributed by atoms with Gasteiger partial charge in [-0.15, -0.1) is 11.8 Å². The van der Waals surface area contributed by atoms with E-state index in [1.807, 2.05) is 30.5 Å². The third-order valence-corrected chi connectivity index (χ3v) is 5.25. The topological polar surface area (TPSA) is 29.9 Å². The monoisotopic (exact) mass is 375 g/mol. The number of alkyl halides is 3. The smallest absolute Gasteiger partial charge is 0.369 e. The summed E-state index contributed by atoms with van der Waals surface area (Å²) in [6, 6.07) is 13.1. The molecular weight excluding hydrogens is 359 g/mol. The molecule has 0 spiro atoms. The average molecular weight is 375 g/mol. The molecule has 134 valence electrons. The lowest BCUT2D eigenvalue weighted by Gasteiger charge is -2.10. The number of nitrogens with zero attached hydrogens (tertiary/aromatic N) is 2. The van der Waals surface area contributed by atoms with Gasteiger partial charge in [0.25, 0.3) is 0 Å². The molecule has 3 aromatic rings. The van der Waals surface area contributed by atoms with Crippen molar-refractivity contribution in [2.75, 3.05) is 18.1 Å². The molecule has 26 heavy (non-hydrogen) atoms. The number of anilines is 1. The summed E-state index contributed by atoms with van der Waals surface area (Å²) in [6.07, 6.45) is -1.48. The molecule has 0 aliphatic carbocycles.